The molecule has 3 N–H and O–H groups in total. The minimum Gasteiger partial charge on any atom is -0.489 e. The Morgan fingerprint density at radius 3 is 2.36 bits per heavy atom. The summed E-state index contributed by atoms with van der Waals surface area (Å²) >= 11 is 0. The van der Waals surface area contributed by atoms with Gasteiger partial charge in [0.25, 0.3) is 0 Å². The van der Waals surface area contributed by atoms with Crippen molar-refractivity contribution in [3.63, 3.8) is 0 Å². The number of primary amides is 1. The fourth-order valence-electron chi connectivity index (χ4n) is 2.13. The van der Waals surface area contributed by atoms with Crippen molar-refractivity contribution in [2.75, 3.05) is 0 Å². The molecule has 1 atom stereocenters. The Morgan fingerprint density at radius 1 is 1.09 bits per heavy atom. The lowest BCUT2D eigenvalue weighted by molar-refractivity contribution is -0.120. The van der Waals surface area contributed by atoms with E-state index in [-0.39, 0.29) is 11.9 Å². The summed E-state index contributed by atoms with van der Waals surface area (Å²) in [5.41, 5.74) is 7.54. The van der Waals surface area contributed by atoms with Crippen LogP contribution in [0.25, 0.3) is 0 Å². The van der Waals surface area contributed by atoms with E-state index in [1.807, 2.05) is 61.5 Å². The number of carbonyl (C=O) groups is 1. The first-order chi connectivity index (χ1) is 10.7. The molecule has 0 fully saturated rings. The summed E-state index contributed by atoms with van der Waals surface area (Å²) in [4.78, 5) is 11.2. The molecule has 22 heavy (non-hydrogen) atoms. The van der Waals surface area contributed by atoms with Gasteiger partial charge in [0.1, 0.15) is 12.4 Å². The van der Waals surface area contributed by atoms with Crippen molar-refractivity contribution in [1.82, 2.24) is 5.32 Å². The number of hydrogen-bond donors (Lipinski definition) is 2. The molecule has 0 aromatic heterocycles. The van der Waals surface area contributed by atoms with Crippen LogP contribution in [-0.2, 0) is 17.9 Å². The molecular weight excluding hydrogens is 276 g/mol. The van der Waals surface area contributed by atoms with E-state index in [0.717, 1.165) is 16.9 Å². The van der Waals surface area contributed by atoms with Crippen molar-refractivity contribution in [2.24, 2.45) is 5.73 Å². The second kappa shape index (κ2) is 8.20. The molecule has 0 spiro atoms. The predicted molar refractivity (Wildman–Crippen MR) is 87.3 cm³/mol. The first kappa shape index (κ1) is 16.0. The van der Waals surface area contributed by atoms with Crippen LogP contribution in [0.1, 0.15) is 24.5 Å². The van der Waals surface area contributed by atoms with Gasteiger partial charge in [0.05, 0.1) is 6.04 Å². The van der Waals surface area contributed by atoms with Gasteiger partial charge in [-0.3, -0.25) is 4.79 Å². The third-order valence-electron chi connectivity index (χ3n) is 3.48. The van der Waals surface area contributed by atoms with Crippen molar-refractivity contribution < 1.29 is 9.53 Å². The predicted octanol–water partition coefficient (Wildman–Crippen LogP) is 2.62. The van der Waals surface area contributed by atoms with Gasteiger partial charge in [0, 0.05) is 6.54 Å². The summed E-state index contributed by atoms with van der Waals surface area (Å²) in [6, 6.07) is 17.6. The van der Waals surface area contributed by atoms with Crippen LogP contribution in [0.15, 0.2) is 54.6 Å². The van der Waals surface area contributed by atoms with E-state index < -0.39 is 0 Å². The summed E-state index contributed by atoms with van der Waals surface area (Å²) in [6.45, 7) is 3.10. The van der Waals surface area contributed by atoms with Crippen molar-refractivity contribution >= 4 is 5.91 Å². The van der Waals surface area contributed by atoms with Crippen LogP contribution in [0.5, 0.6) is 5.75 Å². The quantitative estimate of drug-likeness (QED) is 0.787. The molecule has 0 saturated carbocycles. The SMILES string of the molecule is CC[C@H](NCc1ccc(OCc2ccccc2)cc1)C(N)=O. The Balaban J connectivity index is 1.83. The zero-order valence-electron chi connectivity index (χ0n) is 12.8. The number of carbonyl (C=O) groups excluding carboxylic acids is 1. The maximum Gasteiger partial charge on any atom is 0.234 e. The van der Waals surface area contributed by atoms with Gasteiger partial charge >= 0.3 is 0 Å². The third kappa shape index (κ3) is 4.90. The van der Waals surface area contributed by atoms with E-state index in [9.17, 15) is 4.79 Å². The van der Waals surface area contributed by atoms with Crippen LogP contribution < -0.4 is 15.8 Å². The molecule has 2 aromatic rings. The minimum absolute atomic E-state index is 0.283. The molecule has 0 heterocycles. The van der Waals surface area contributed by atoms with Crippen molar-refractivity contribution in [3.8, 4) is 5.75 Å². The van der Waals surface area contributed by atoms with Gasteiger partial charge in [-0.05, 0) is 29.7 Å². The van der Waals surface area contributed by atoms with E-state index in [1.54, 1.807) is 0 Å². The largest absolute Gasteiger partial charge is 0.489 e. The molecule has 4 heteroatoms. The second-order valence-corrected chi connectivity index (χ2v) is 5.16. The molecule has 0 unspecified atom stereocenters. The van der Waals surface area contributed by atoms with Gasteiger partial charge < -0.3 is 15.8 Å². The van der Waals surface area contributed by atoms with Crippen molar-refractivity contribution in [2.45, 2.75) is 32.5 Å². The number of ether oxygens (including phenoxy) is 1. The fourth-order valence-corrected chi connectivity index (χ4v) is 2.13. The molecular formula is C18H22N2O2. The molecule has 0 bridgehead atoms. The van der Waals surface area contributed by atoms with Gasteiger partial charge in [-0.1, -0.05) is 49.4 Å². The summed E-state index contributed by atoms with van der Waals surface area (Å²) < 4.78 is 5.74. The Labute approximate surface area is 131 Å². The van der Waals surface area contributed by atoms with E-state index in [0.29, 0.717) is 19.6 Å². The number of benzene rings is 2. The van der Waals surface area contributed by atoms with E-state index >= 15 is 0 Å². The summed E-state index contributed by atoms with van der Waals surface area (Å²) in [6.07, 6.45) is 0.688. The van der Waals surface area contributed by atoms with E-state index in [4.69, 9.17) is 10.5 Å². The number of nitrogens with one attached hydrogen (secondary N) is 1. The monoisotopic (exact) mass is 298 g/mol. The van der Waals surface area contributed by atoms with Gasteiger partial charge in [0.15, 0.2) is 0 Å². The third-order valence-corrected chi connectivity index (χ3v) is 3.48. The van der Waals surface area contributed by atoms with Crippen LogP contribution in [0.2, 0.25) is 0 Å². The van der Waals surface area contributed by atoms with Gasteiger partial charge in [-0.2, -0.15) is 0 Å². The standard InChI is InChI=1S/C18H22N2O2/c1-2-17(18(19)21)20-12-14-8-10-16(11-9-14)22-13-15-6-4-3-5-7-15/h3-11,17,20H,2,12-13H2,1H3,(H2,19,21)/t17-/m0/s1. The number of amides is 1. The summed E-state index contributed by atoms with van der Waals surface area (Å²) in [7, 11) is 0. The van der Waals surface area contributed by atoms with Crippen molar-refractivity contribution in [3.05, 3.63) is 65.7 Å². The average molecular weight is 298 g/mol. The molecule has 2 aromatic carbocycles. The Bertz CT molecular complexity index is 582. The summed E-state index contributed by atoms with van der Waals surface area (Å²) in [5, 5.41) is 3.15. The van der Waals surface area contributed by atoms with Crippen LogP contribution >= 0.6 is 0 Å². The number of hydrogen-bond acceptors (Lipinski definition) is 3. The maximum atomic E-state index is 11.2. The van der Waals surface area contributed by atoms with E-state index in [1.165, 1.54) is 0 Å². The zero-order chi connectivity index (χ0) is 15.8. The lowest BCUT2D eigenvalue weighted by atomic mass is 10.1. The molecule has 0 aliphatic heterocycles. The van der Waals surface area contributed by atoms with Gasteiger partial charge in [-0.25, -0.2) is 0 Å². The van der Waals surface area contributed by atoms with Gasteiger partial charge in [0.2, 0.25) is 5.91 Å². The number of rotatable bonds is 8. The lowest BCUT2D eigenvalue weighted by Crippen LogP contribution is -2.40. The van der Waals surface area contributed by atoms with Crippen LogP contribution in [0, 0.1) is 0 Å². The minimum atomic E-state index is -0.315. The first-order valence-corrected chi connectivity index (χ1v) is 7.47. The molecule has 0 saturated heterocycles. The second-order valence-electron chi connectivity index (χ2n) is 5.16. The normalized spacial score (nSPS) is 11.9. The Morgan fingerprint density at radius 2 is 1.77 bits per heavy atom. The maximum absolute atomic E-state index is 11.2. The summed E-state index contributed by atoms with van der Waals surface area (Å²) in [5.74, 6) is 0.514. The first-order valence-electron chi connectivity index (χ1n) is 7.47. The zero-order valence-corrected chi connectivity index (χ0v) is 12.8. The molecule has 1 amide bonds. The molecule has 0 radical (unpaired) electrons. The highest BCUT2D eigenvalue weighted by atomic mass is 16.5. The highest BCUT2D eigenvalue weighted by molar-refractivity contribution is 5.79. The lowest BCUT2D eigenvalue weighted by Gasteiger charge is -2.13. The highest BCUT2D eigenvalue weighted by Gasteiger charge is 2.11. The average Bonchev–Trinajstić information content (AvgIpc) is 2.55. The van der Waals surface area contributed by atoms with Crippen LogP contribution in [-0.4, -0.2) is 11.9 Å². The van der Waals surface area contributed by atoms with Crippen LogP contribution in [0.4, 0.5) is 0 Å². The smallest absolute Gasteiger partial charge is 0.234 e. The number of nitrogens with two attached hydrogens (primary N) is 1. The fraction of sp³-hybridized carbons (Fsp3) is 0.278. The van der Waals surface area contributed by atoms with Crippen LogP contribution in [0.3, 0.4) is 0 Å². The Kier molecular flexibility index (Phi) is 5.98. The molecule has 0 aliphatic carbocycles. The topological polar surface area (TPSA) is 64.3 Å². The highest BCUT2D eigenvalue weighted by Crippen LogP contribution is 2.14. The molecule has 4 nitrogen and oxygen atoms in total. The Hall–Kier alpha value is -2.33. The van der Waals surface area contributed by atoms with Crippen molar-refractivity contribution in [1.29, 1.82) is 0 Å². The molecule has 116 valence electrons. The molecule has 2 rings (SSSR count). The van der Waals surface area contributed by atoms with E-state index in [2.05, 4.69) is 5.32 Å². The van der Waals surface area contributed by atoms with Gasteiger partial charge in [-0.15, -0.1) is 0 Å². The molecule has 0 aliphatic rings.